The average molecular weight is 262 g/mol. The molecule has 1 heterocycles. The highest BCUT2D eigenvalue weighted by Gasteiger charge is 2.34. The Morgan fingerprint density at radius 2 is 2.11 bits per heavy atom. The summed E-state index contributed by atoms with van der Waals surface area (Å²) in [5.74, 6) is 0. The minimum atomic E-state index is -0.0922. The highest BCUT2D eigenvalue weighted by Crippen LogP contribution is 2.40. The van der Waals surface area contributed by atoms with Crippen LogP contribution in [0.4, 0.5) is 0 Å². The van der Waals surface area contributed by atoms with Crippen LogP contribution in [0, 0.1) is 5.41 Å². The summed E-state index contributed by atoms with van der Waals surface area (Å²) in [6.45, 7) is 2.29. The van der Waals surface area contributed by atoms with E-state index >= 15 is 0 Å². The summed E-state index contributed by atoms with van der Waals surface area (Å²) in [6.07, 6.45) is 12.8. The number of nitrogens with zero attached hydrogens (tertiary/aromatic N) is 2. The smallest absolute Gasteiger partial charge is 0.0630 e. The number of aliphatic hydroxyl groups is 1. The van der Waals surface area contributed by atoms with Gasteiger partial charge in [0.25, 0.3) is 0 Å². The Balaban J connectivity index is 1.64. The Morgan fingerprint density at radius 1 is 1.32 bits per heavy atom. The first-order chi connectivity index (χ1) is 9.15. The van der Waals surface area contributed by atoms with E-state index in [1.54, 1.807) is 0 Å². The van der Waals surface area contributed by atoms with Crippen LogP contribution in [0.5, 0.6) is 0 Å². The molecule has 2 aliphatic carbocycles. The van der Waals surface area contributed by atoms with Crippen LogP contribution in [0.15, 0.2) is 12.3 Å². The van der Waals surface area contributed by atoms with Gasteiger partial charge in [0.15, 0.2) is 0 Å². The van der Waals surface area contributed by atoms with Gasteiger partial charge in [-0.1, -0.05) is 26.2 Å². The Labute approximate surface area is 116 Å². The lowest BCUT2D eigenvalue weighted by Crippen LogP contribution is -2.18. The zero-order valence-corrected chi connectivity index (χ0v) is 12.0. The topological polar surface area (TPSA) is 38.0 Å². The number of hydrogen-bond donors (Lipinski definition) is 1. The Kier molecular flexibility index (Phi) is 3.66. The van der Waals surface area contributed by atoms with Crippen LogP contribution in [0.1, 0.15) is 70.0 Å². The predicted octanol–water partition coefficient (Wildman–Crippen LogP) is 3.48. The molecule has 3 heteroatoms. The van der Waals surface area contributed by atoms with Crippen molar-refractivity contribution in [2.24, 2.45) is 5.41 Å². The highest BCUT2D eigenvalue weighted by molar-refractivity contribution is 5.05. The van der Waals surface area contributed by atoms with Crippen LogP contribution in [0.2, 0.25) is 0 Å². The van der Waals surface area contributed by atoms with Gasteiger partial charge in [-0.3, -0.25) is 4.68 Å². The molecule has 1 N–H and O–H groups in total. The molecule has 3 nitrogen and oxygen atoms in total. The van der Waals surface area contributed by atoms with Crippen molar-refractivity contribution in [3.8, 4) is 0 Å². The third-order valence-corrected chi connectivity index (χ3v) is 5.03. The summed E-state index contributed by atoms with van der Waals surface area (Å²) in [5, 5.41) is 14.5. The van der Waals surface area contributed by atoms with Crippen molar-refractivity contribution < 1.29 is 5.11 Å². The number of hydrogen-bond acceptors (Lipinski definition) is 2. The maximum atomic E-state index is 9.73. The molecular weight excluding hydrogens is 236 g/mol. The van der Waals surface area contributed by atoms with Crippen molar-refractivity contribution in [3.63, 3.8) is 0 Å². The minimum absolute atomic E-state index is 0.0922. The lowest BCUT2D eigenvalue weighted by atomic mass is 9.84. The van der Waals surface area contributed by atoms with Gasteiger partial charge in [0.05, 0.1) is 17.8 Å². The second-order valence-electron chi connectivity index (χ2n) is 6.96. The van der Waals surface area contributed by atoms with E-state index in [1.165, 1.54) is 37.8 Å². The molecule has 2 aliphatic rings. The predicted molar refractivity (Wildman–Crippen MR) is 76.0 cm³/mol. The number of rotatable bonds is 3. The molecule has 1 aromatic rings. The second-order valence-corrected chi connectivity index (χ2v) is 6.96. The van der Waals surface area contributed by atoms with Crippen LogP contribution in [0.3, 0.4) is 0 Å². The first kappa shape index (κ1) is 13.2. The van der Waals surface area contributed by atoms with Gasteiger partial charge >= 0.3 is 0 Å². The van der Waals surface area contributed by atoms with Crippen molar-refractivity contribution >= 4 is 0 Å². The normalized spacial score (nSPS) is 32.8. The maximum absolute atomic E-state index is 9.73. The molecule has 2 saturated carbocycles. The molecule has 0 radical (unpaired) electrons. The monoisotopic (exact) mass is 262 g/mol. The molecule has 2 fully saturated rings. The molecule has 0 saturated heterocycles. The van der Waals surface area contributed by atoms with Crippen LogP contribution in [0.25, 0.3) is 0 Å². The van der Waals surface area contributed by atoms with Gasteiger partial charge in [0.2, 0.25) is 0 Å². The summed E-state index contributed by atoms with van der Waals surface area (Å²) in [6, 6.07) is 2.81. The Bertz CT molecular complexity index is 422. The molecule has 2 atom stereocenters. The first-order valence-electron chi connectivity index (χ1n) is 7.87. The molecule has 0 spiro atoms. The van der Waals surface area contributed by atoms with E-state index in [0.717, 1.165) is 25.7 Å². The molecular formula is C16H26N2O. The molecule has 19 heavy (non-hydrogen) atoms. The molecule has 0 aliphatic heterocycles. The Morgan fingerprint density at radius 3 is 2.79 bits per heavy atom. The maximum Gasteiger partial charge on any atom is 0.0630 e. The number of aliphatic hydroxyl groups excluding tert-OH is 1. The molecule has 0 amide bonds. The second kappa shape index (κ2) is 5.28. The van der Waals surface area contributed by atoms with Gasteiger partial charge < -0.3 is 5.11 Å². The number of aromatic nitrogens is 2. The summed E-state index contributed by atoms with van der Waals surface area (Å²) in [5.41, 5.74) is 1.47. The molecule has 1 aromatic heterocycles. The summed E-state index contributed by atoms with van der Waals surface area (Å²) in [7, 11) is 0. The van der Waals surface area contributed by atoms with E-state index in [2.05, 4.69) is 23.9 Å². The van der Waals surface area contributed by atoms with Gasteiger partial charge in [-0.05, 0) is 50.0 Å². The van der Waals surface area contributed by atoms with Gasteiger partial charge in [0, 0.05) is 6.20 Å². The zero-order chi connectivity index (χ0) is 13.3. The van der Waals surface area contributed by atoms with Crippen molar-refractivity contribution in [2.75, 3.05) is 0 Å². The fourth-order valence-corrected chi connectivity index (χ4v) is 3.91. The van der Waals surface area contributed by atoms with E-state index in [1.807, 2.05) is 0 Å². The lowest BCUT2D eigenvalue weighted by Gasteiger charge is -2.23. The van der Waals surface area contributed by atoms with Gasteiger partial charge in [-0.2, -0.15) is 5.10 Å². The van der Waals surface area contributed by atoms with Crippen molar-refractivity contribution in [1.29, 1.82) is 0 Å². The zero-order valence-electron chi connectivity index (χ0n) is 12.0. The Hall–Kier alpha value is -0.830. The van der Waals surface area contributed by atoms with Gasteiger partial charge in [-0.25, -0.2) is 0 Å². The first-order valence-corrected chi connectivity index (χ1v) is 7.87. The van der Waals surface area contributed by atoms with Crippen LogP contribution < -0.4 is 0 Å². The van der Waals surface area contributed by atoms with E-state index in [-0.39, 0.29) is 11.5 Å². The van der Waals surface area contributed by atoms with Gasteiger partial charge in [-0.15, -0.1) is 0 Å². The standard InChI is InChI=1S/C16H26N2O/c1-16(9-7-15(19)12-16)11-13-8-10-18(17-13)14-5-3-2-4-6-14/h8,10,14-15,19H,2-7,9,11-12H2,1H3. The van der Waals surface area contributed by atoms with Gasteiger partial charge in [0.1, 0.15) is 0 Å². The lowest BCUT2D eigenvalue weighted by molar-refractivity contribution is 0.163. The summed E-state index contributed by atoms with van der Waals surface area (Å²) >= 11 is 0. The molecule has 0 bridgehead atoms. The summed E-state index contributed by atoms with van der Waals surface area (Å²) in [4.78, 5) is 0. The van der Waals surface area contributed by atoms with Crippen LogP contribution >= 0.6 is 0 Å². The fraction of sp³-hybridized carbons (Fsp3) is 0.812. The van der Waals surface area contributed by atoms with E-state index in [0.29, 0.717) is 6.04 Å². The minimum Gasteiger partial charge on any atom is -0.393 e. The van der Waals surface area contributed by atoms with E-state index in [4.69, 9.17) is 5.10 Å². The average Bonchev–Trinajstić information content (AvgIpc) is 2.98. The highest BCUT2D eigenvalue weighted by atomic mass is 16.3. The molecule has 3 rings (SSSR count). The van der Waals surface area contributed by atoms with Crippen molar-refractivity contribution in [1.82, 2.24) is 9.78 Å². The SMILES string of the molecule is CC1(Cc2ccn(C3CCCCC3)n2)CCC(O)C1. The third kappa shape index (κ3) is 3.02. The van der Waals surface area contributed by atoms with Crippen LogP contribution in [-0.2, 0) is 6.42 Å². The summed E-state index contributed by atoms with van der Waals surface area (Å²) < 4.78 is 2.20. The van der Waals surface area contributed by atoms with Crippen molar-refractivity contribution in [3.05, 3.63) is 18.0 Å². The third-order valence-electron chi connectivity index (χ3n) is 5.03. The largest absolute Gasteiger partial charge is 0.393 e. The molecule has 2 unspecified atom stereocenters. The van der Waals surface area contributed by atoms with Crippen molar-refractivity contribution in [2.45, 2.75) is 76.9 Å². The van der Waals surface area contributed by atoms with Crippen LogP contribution in [-0.4, -0.2) is 21.0 Å². The molecule has 106 valence electrons. The van der Waals surface area contributed by atoms with E-state index in [9.17, 15) is 5.11 Å². The quantitative estimate of drug-likeness (QED) is 0.905. The molecule has 0 aromatic carbocycles. The fourth-order valence-electron chi connectivity index (χ4n) is 3.91. The van der Waals surface area contributed by atoms with E-state index < -0.39 is 0 Å².